The van der Waals surface area contributed by atoms with Crippen LogP contribution in [0.5, 0.6) is 0 Å². The van der Waals surface area contributed by atoms with Crippen molar-refractivity contribution in [3.05, 3.63) is 44.7 Å². The minimum Gasteiger partial charge on any atom is -0.305 e. The zero-order valence-corrected chi connectivity index (χ0v) is 13.1. The second-order valence-corrected chi connectivity index (χ2v) is 6.35. The Labute approximate surface area is 119 Å². The van der Waals surface area contributed by atoms with Crippen LogP contribution in [0, 0.1) is 27.7 Å². The van der Waals surface area contributed by atoms with Crippen molar-refractivity contribution in [2.75, 3.05) is 0 Å². The first-order valence-corrected chi connectivity index (χ1v) is 7.38. The number of rotatable bonds is 4. The van der Waals surface area contributed by atoms with E-state index in [2.05, 4.69) is 42.1 Å². The molecular weight excluding hydrogens is 254 g/mol. The van der Waals surface area contributed by atoms with Crippen LogP contribution in [-0.2, 0) is 6.54 Å². The van der Waals surface area contributed by atoms with Gasteiger partial charge in [-0.2, -0.15) is 0 Å². The predicted molar refractivity (Wildman–Crippen MR) is 80.6 cm³/mol. The average Bonchev–Trinajstić information content (AvgIpc) is 2.71. The van der Waals surface area contributed by atoms with E-state index in [-0.39, 0.29) is 0 Å². The molecule has 19 heavy (non-hydrogen) atoms. The fraction of sp³-hybridized carbons (Fsp3) is 0.467. The molecule has 1 unspecified atom stereocenters. The first kappa shape index (κ1) is 14.2. The van der Waals surface area contributed by atoms with Gasteiger partial charge in [-0.15, -0.1) is 11.3 Å². The summed E-state index contributed by atoms with van der Waals surface area (Å²) in [4.78, 5) is 10.1. The fourth-order valence-corrected chi connectivity index (χ4v) is 3.28. The molecule has 0 radical (unpaired) electrons. The zero-order valence-electron chi connectivity index (χ0n) is 12.2. The van der Waals surface area contributed by atoms with Gasteiger partial charge in [0.05, 0.1) is 5.01 Å². The molecule has 2 aromatic rings. The lowest BCUT2D eigenvalue weighted by atomic mass is 10.0. The van der Waals surface area contributed by atoms with Crippen molar-refractivity contribution in [2.24, 2.45) is 0 Å². The molecule has 4 heteroatoms. The highest BCUT2D eigenvalue weighted by Crippen LogP contribution is 2.22. The topological polar surface area (TPSA) is 37.8 Å². The Kier molecular flexibility index (Phi) is 4.32. The van der Waals surface area contributed by atoms with Crippen molar-refractivity contribution >= 4 is 11.3 Å². The van der Waals surface area contributed by atoms with Crippen molar-refractivity contribution in [1.29, 1.82) is 0 Å². The molecule has 2 rings (SSSR count). The quantitative estimate of drug-likeness (QED) is 0.926. The van der Waals surface area contributed by atoms with Gasteiger partial charge < -0.3 is 5.32 Å². The van der Waals surface area contributed by atoms with E-state index in [1.165, 1.54) is 16.0 Å². The van der Waals surface area contributed by atoms with E-state index < -0.39 is 0 Å². The lowest BCUT2D eigenvalue weighted by Crippen LogP contribution is -2.20. The van der Waals surface area contributed by atoms with Gasteiger partial charge in [0.1, 0.15) is 0 Å². The first-order chi connectivity index (χ1) is 8.97. The molecule has 2 heterocycles. The molecule has 2 aromatic heterocycles. The standard InChI is InChI=1S/C15H21N3S/c1-9-6-10(2)18-12(4)15(9)11(3)16-7-14-8-17-13(5)19-14/h6,8,11,16H,7H2,1-5H3. The zero-order chi connectivity index (χ0) is 14.0. The Morgan fingerprint density at radius 1 is 1.26 bits per heavy atom. The molecule has 0 saturated carbocycles. The maximum Gasteiger partial charge on any atom is 0.0897 e. The number of nitrogens with one attached hydrogen (secondary N) is 1. The number of aromatic nitrogens is 2. The third kappa shape index (κ3) is 3.39. The van der Waals surface area contributed by atoms with E-state index >= 15 is 0 Å². The molecule has 0 fully saturated rings. The Hall–Kier alpha value is -1.26. The summed E-state index contributed by atoms with van der Waals surface area (Å²) in [5.41, 5.74) is 4.83. The minimum absolute atomic E-state index is 0.301. The van der Waals surface area contributed by atoms with Gasteiger partial charge in [-0.3, -0.25) is 4.98 Å². The molecule has 0 aliphatic rings. The highest BCUT2D eigenvalue weighted by Gasteiger charge is 2.13. The fourth-order valence-electron chi connectivity index (χ4n) is 2.53. The molecule has 1 N–H and O–H groups in total. The van der Waals surface area contributed by atoms with Crippen molar-refractivity contribution in [1.82, 2.24) is 15.3 Å². The summed E-state index contributed by atoms with van der Waals surface area (Å²) in [5.74, 6) is 0. The summed E-state index contributed by atoms with van der Waals surface area (Å²) in [6.07, 6.45) is 1.95. The predicted octanol–water partition coefficient (Wildman–Crippen LogP) is 3.62. The van der Waals surface area contributed by atoms with Crippen molar-refractivity contribution < 1.29 is 0 Å². The molecule has 1 atom stereocenters. The van der Waals surface area contributed by atoms with Gasteiger partial charge in [0.25, 0.3) is 0 Å². The Morgan fingerprint density at radius 2 is 2.00 bits per heavy atom. The summed E-state index contributed by atoms with van der Waals surface area (Å²) < 4.78 is 0. The molecule has 0 amide bonds. The van der Waals surface area contributed by atoms with E-state index in [1.807, 2.05) is 20.0 Å². The third-order valence-electron chi connectivity index (χ3n) is 3.27. The van der Waals surface area contributed by atoms with Crippen LogP contribution in [0.4, 0.5) is 0 Å². The van der Waals surface area contributed by atoms with Crippen LogP contribution in [0.1, 0.15) is 45.4 Å². The van der Waals surface area contributed by atoms with E-state index in [0.717, 1.165) is 22.9 Å². The minimum atomic E-state index is 0.301. The lowest BCUT2D eigenvalue weighted by Gasteiger charge is -2.18. The second-order valence-electron chi connectivity index (χ2n) is 5.03. The van der Waals surface area contributed by atoms with Crippen molar-refractivity contribution in [3.63, 3.8) is 0 Å². The highest BCUT2D eigenvalue weighted by atomic mass is 32.1. The smallest absolute Gasteiger partial charge is 0.0897 e. The maximum absolute atomic E-state index is 4.56. The van der Waals surface area contributed by atoms with Gasteiger partial charge in [-0.05, 0) is 51.8 Å². The van der Waals surface area contributed by atoms with Crippen LogP contribution in [0.25, 0.3) is 0 Å². The van der Waals surface area contributed by atoms with Crippen molar-refractivity contribution in [2.45, 2.75) is 47.2 Å². The Bertz CT molecular complexity index is 552. The Balaban J connectivity index is 2.10. The van der Waals surface area contributed by atoms with E-state index in [1.54, 1.807) is 11.3 Å². The van der Waals surface area contributed by atoms with Crippen LogP contribution < -0.4 is 5.32 Å². The van der Waals surface area contributed by atoms with Crippen LogP contribution >= 0.6 is 11.3 Å². The van der Waals surface area contributed by atoms with Crippen LogP contribution in [-0.4, -0.2) is 9.97 Å². The molecule has 0 aliphatic heterocycles. The number of pyridine rings is 1. The molecule has 0 aromatic carbocycles. The van der Waals surface area contributed by atoms with E-state index in [0.29, 0.717) is 6.04 Å². The summed E-state index contributed by atoms with van der Waals surface area (Å²) in [6, 6.07) is 2.45. The van der Waals surface area contributed by atoms with Gasteiger partial charge in [0, 0.05) is 35.0 Å². The molecule has 0 aliphatic carbocycles. The molecular formula is C15H21N3S. The van der Waals surface area contributed by atoms with Crippen LogP contribution in [0.3, 0.4) is 0 Å². The summed E-state index contributed by atoms with van der Waals surface area (Å²) in [7, 11) is 0. The summed E-state index contributed by atoms with van der Waals surface area (Å²) in [5, 5.41) is 4.68. The lowest BCUT2D eigenvalue weighted by molar-refractivity contribution is 0.570. The SMILES string of the molecule is Cc1cc(C)c(C(C)NCc2cnc(C)s2)c(C)n1. The van der Waals surface area contributed by atoms with Gasteiger partial charge in [-0.1, -0.05) is 0 Å². The third-order valence-corrected chi connectivity index (χ3v) is 4.18. The summed E-state index contributed by atoms with van der Waals surface area (Å²) in [6.45, 7) is 11.4. The van der Waals surface area contributed by atoms with Crippen LogP contribution in [0.2, 0.25) is 0 Å². The molecule has 0 bridgehead atoms. The Morgan fingerprint density at radius 3 is 2.58 bits per heavy atom. The van der Waals surface area contributed by atoms with Gasteiger partial charge in [0.2, 0.25) is 0 Å². The molecule has 0 saturated heterocycles. The maximum atomic E-state index is 4.56. The number of hydrogen-bond donors (Lipinski definition) is 1. The largest absolute Gasteiger partial charge is 0.305 e. The van der Waals surface area contributed by atoms with Gasteiger partial charge in [0.15, 0.2) is 0 Å². The monoisotopic (exact) mass is 275 g/mol. The van der Waals surface area contributed by atoms with Gasteiger partial charge in [-0.25, -0.2) is 4.98 Å². The van der Waals surface area contributed by atoms with Gasteiger partial charge >= 0.3 is 0 Å². The molecule has 3 nitrogen and oxygen atoms in total. The number of hydrogen-bond acceptors (Lipinski definition) is 4. The molecule has 0 spiro atoms. The highest BCUT2D eigenvalue weighted by molar-refractivity contribution is 7.11. The van der Waals surface area contributed by atoms with E-state index in [9.17, 15) is 0 Å². The summed E-state index contributed by atoms with van der Waals surface area (Å²) >= 11 is 1.75. The van der Waals surface area contributed by atoms with E-state index in [4.69, 9.17) is 0 Å². The van der Waals surface area contributed by atoms with Crippen LogP contribution in [0.15, 0.2) is 12.3 Å². The number of nitrogens with zero attached hydrogens (tertiary/aromatic N) is 2. The van der Waals surface area contributed by atoms with Crippen molar-refractivity contribution in [3.8, 4) is 0 Å². The second kappa shape index (κ2) is 5.80. The average molecular weight is 275 g/mol. The molecule has 102 valence electrons. The number of thiazole rings is 1. The first-order valence-electron chi connectivity index (χ1n) is 6.57. The normalized spacial score (nSPS) is 12.7. The number of aryl methyl sites for hydroxylation is 4.